The normalized spacial score (nSPS) is 19.5. The van der Waals surface area contributed by atoms with Crippen molar-refractivity contribution in [1.82, 2.24) is 10.2 Å². The third-order valence-corrected chi connectivity index (χ3v) is 6.80. The Labute approximate surface area is 216 Å². The van der Waals surface area contributed by atoms with Crippen LogP contribution in [0, 0.1) is 0 Å². The fraction of sp³-hybridized carbons (Fsp3) is 0.310. The van der Waals surface area contributed by atoms with E-state index in [1.807, 2.05) is 59.5 Å². The SMILES string of the molecule is O=C(c1ccc(N2C(=O)O[C@H](CO)C2Cc2ccc(OCc3ccccc3)cc2)cc1)N1CCNCC1. The van der Waals surface area contributed by atoms with Crippen LogP contribution in [0.1, 0.15) is 21.5 Å². The van der Waals surface area contributed by atoms with Gasteiger partial charge in [0.25, 0.3) is 5.91 Å². The van der Waals surface area contributed by atoms with Crippen LogP contribution in [0.4, 0.5) is 10.5 Å². The van der Waals surface area contributed by atoms with Crippen molar-refractivity contribution >= 4 is 17.7 Å². The summed E-state index contributed by atoms with van der Waals surface area (Å²) in [5, 5.41) is 13.1. The van der Waals surface area contributed by atoms with Crippen molar-refractivity contribution in [3.8, 4) is 5.75 Å². The second-order valence-electron chi connectivity index (χ2n) is 9.25. The number of carbonyl (C=O) groups is 2. The number of piperazine rings is 1. The summed E-state index contributed by atoms with van der Waals surface area (Å²) in [6, 6.07) is 24.3. The van der Waals surface area contributed by atoms with Crippen molar-refractivity contribution in [1.29, 1.82) is 0 Å². The van der Waals surface area contributed by atoms with Gasteiger partial charge >= 0.3 is 6.09 Å². The molecule has 2 atom stereocenters. The molecule has 0 spiro atoms. The van der Waals surface area contributed by atoms with Gasteiger partial charge in [-0.25, -0.2) is 4.79 Å². The summed E-state index contributed by atoms with van der Waals surface area (Å²) in [4.78, 5) is 29.0. The Balaban J connectivity index is 1.27. The van der Waals surface area contributed by atoms with Crippen LogP contribution in [-0.2, 0) is 17.8 Å². The molecule has 2 aliphatic heterocycles. The van der Waals surface area contributed by atoms with Gasteiger partial charge in [0.1, 0.15) is 18.5 Å². The molecule has 2 fully saturated rings. The average molecular weight is 502 g/mol. The van der Waals surface area contributed by atoms with Gasteiger partial charge in [-0.1, -0.05) is 42.5 Å². The molecule has 0 saturated carbocycles. The number of nitrogens with zero attached hydrogens (tertiary/aromatic N) is 2. The molecule has 2 amide bonds. The van der Waals surface area contributed by atoms with Gasteiger partial charge in [-0.15, -0.1) is 0 Å². The Morgan fingerprint density at radius 2 is 1.65 bits per heavy atom. The number of rotatable bonds is 8. The van der Waals surface area contributed by atoms with Gasteiger partial charge in [-0.2, -0.15) is 0 Å². The molecule has 2 aliphatic rings. The number of aliphatic hydroxyl groups is 1. The van der Waals surface area contributed by atoms with Gasteiger partial charge in [0.2, 0.25) is 0 Å². The van der Waals surface area contributed by atoms with Gasteiger partial charge in [0, 0.05) is 37.4 Å². The van der Waals surface area contributed by atoms with Crippen LogP contribution in [0.15, 0.2) is 78.9 Å². The first-order chi connectivity index (χ1) is 18.1. The van der Waals surface area contributed by atoms with Crippen molar-refractivity contribution in [2.24, 2.45) is 0 Å². The van der Waals surface area contributed by atoms with Crippen LogP contribution < -0.4 is 15.0 Å². The monoisotopic (exact) mass is 501 g/mol. The molecule has 5 rings (SSSR count). The molecule has 2 heterocycles. The Bertz CT molecular complexity index is 1190. The number of anilines is 1. The first-order valence-corrected chi connectivity index (χ1v) is 12.6. The van der Waals surface area contributed by atoms with E-state index in [9.17, 15) is 14.7 Å². The smallest absolute Gasteiger partial charge is 0.415 e. The van der Waals surface area contributed by atoms with E-state index in [-0.39, 0.29) is 18.6 Å². The lowest BCUT2D eigenvalue weighted by Crippen LogP contribution is -2.46. The predicted octanol–water partition coefficient (Wildman–Crippen LogP) is 3.24. The van der Waals surface area contributed by atoms with Crippen LogP contribution in [0.25, 0.3) is 0 Å². The molecular weight excluding hydrogens is 470 g/mol. The molecule has 192 valence electrons. The third-order valence-electron chi connectivity index (χ3n) is 6.80. The largest absolute Gasteiger partial charge is 0.489 e. The number of amides is 2. The molecule has 3 aromatic rings. The van der Waals surface area contributed by atoms with Gasteiger partial charge in [-0.3, -0.25) is 9.69 Å². The Morgan fingerprint density at radius 1 is 0.946 bits per heavy atom. The molecule has 0 bridgehead atoms. The number of benzene rings is 3. The van der Waals surface area contributed by atoms with Crippen LogP contribution in [0.2, 0.25) is 0 Å². The van der Waals surface area contributed by atoms with E-state index in [1.54, 1.807) is 29.2 Å². The standard InChI is InChI=1S/C29H31N3O5/c33-19-27-26(18-21-6-12-25(13-7-21)36-20-22-4-2-1-3-5-22)32(29(35)37-27)24-10-8-23(9-11-24)28(34)31-16-14-30-15-17-31/h1-13,26-27,30,33H,14-20H2/t26?,27-/m1/s1. The van der Waals surface area contributed by atoms with E-state index >= 15 is 0 Å². The highest BCUT2D eigenvalue weighted by atomic mass is 16.6. The number of hydrogen-bond acceptors (Lipinski definition) is 6. The van der Waals surface area contributed by atoms with Crippen LogP contribution in [0.3, 0.4) is 0 Å². The summed E-state index contributed by atoms with van der Waals surface area (Å²) < 4.78 is 11.4. The second-order valence-corrected chi connectivity index (χ2v) is 9.25. The molecule has 0 aliphatic carbocycles. The highest BCUT2D eigenvalue weighted by molar-refractivity contribution is 5.96. The quantitative estimate of drug-likeness (QED) is 0.493. The zero-order chi connectivity index (χ0) is 25.6. The fourth-order valence-corrected chi connectivity index (χ4v) is 4.76. The first kappa shape index (κ1) is 24.8. The fourth-order valence-electron chi connectivity index (χ4n) is 4.76. The summed E-state index contributed by atoms with van der Waals surface area (Å²) in [6.07, 6.45) is -0.658. The summed E-state index contributed by atoms with van der Waals surface area (Å²) in [5.41, 5.74) is 3.30. The maximum absolute atomic E-state index is 12.8. The number of hydrogen-bond donors (Lipinski definition) is 2. The molecule has 3 aromatic carbocycles. The maximum atomic E-state index is 12.8. The molecule has 8 nitrogen and oxygen atoms in total. The van der Waals surface area contributed by atoms with E-state index < -0.39 is 12.2 Å². The van der Waals surface area contributed by atoms with E-state index in [4.69, 9.17) is 9.47 Å². The minimum Gasteiger partial charge on any atom is -0.489 e. The van der Waals surface area contributed by atoms with Gasteiger partial charge < -0.3 is 24.8 Å². The molecule has 2 N–H and O–H groups in total. The maximum Gasteiger partial charge on any atom is 0.415 e. The second kappa shape index (κ2) is 11.5. The van der Waals surface area contributed by atoms with Crippen molar-refractivity contribution in [2.45, 2.75) is 25.2 Å². The molecule has 0 radical (unpaired) electrons. The van der Waals surface area contributed by atoms with Crippen molar-refractivity contribution < 1.29 is 24.2 Å². The van der Waals surface area contributed by atoms with E-state index in [0.29, 0.717) is 37.4 Å². The first-order valence-electron chi connectivity index (χ1n) is 12.6. The lowest BCUT2D eigenvalue weighted by atomic mass is 10.00. The van der Waals surface area contributed by atoms with E-state index in [2.05, 4.69) is 5.32 Å². The van der Waals surface area contributed by atoms with Gasteiger partial charge in [-0.05, 0) is 53.9 Å². The summed E-state index contributed by atoms with van der Waals surface area (Å²) in [7, 11) is 0. The highest BCUT2D eigenvalue weighted by Gasteiger charge is 2.42. The number of carbonyl (C=O) groups excluding carboxylic acids is 2. The number of ether oxygens (including phenoxy) is 2. The van der Waals surface area contributed by atoms with Crippen molar-refractivity contribution in [3.63, 3.8) is 0 Å². The number of aliphatic hydroxyl groups excluding tert-OH is 1. The topological polar surface area (TPSA) is 91.3 Å². The molecule has 8 heteroatoms. The zero-order valence-electron chi connectivity index (χ0n) is 20.6. The van der Waals surface area contributed by atoms with Crippen LogP contribution in [-0.4, -0.2) is 66.9 Å². The number of cyclic esters (lactones) is 1. The van der Waals surface area contributed by atoms with Gasteiger partial charge in [0.05, 0.1) is 12.6 Å². The summed E-state index contributed by atoms with van der Waals surface area (Å²) >= 11 is 0. The zero-order valence-corrected chi connectivity index (χ0v) is 20.6. The van der Waals surface area contributed by atoms with Crippen molar-refractivity contribution in [3.05, 3.63) is 95.6 Å². The van der Waals surface area contributed by atoms with Gasteiger partial charge in [0.15, 0.2) is 0 Å². The molecule has 1 unspecified atom stereocenters. The molecule has 37 heavy (non-hydrogen) atoms. The minimum atomic E-state index is -0.649. The average Bonchev–Trinajstić information content (AvgIpc) is 3.27. The molecule has 2 saturated heterocycles. The Kier molecular flexibility index (Phi) is 7.67. The van der Waals surface area contributed by atoms with Crippen molar-refractivity contribution in [2.75, 3.05) is 37.7 Å². The van der Waals surface area contributed by atoms with Crippen LogP contribution >= 0.6 is 0 Å². The summed E-state index contributed by atoms with van der Waals surface area (Å²) in [6.45, 7) is 3.13. The van der Waals surface area contributed by atoms with E-state index in [1.165, 1.54) is 0 Å². The highest BCUT2D eigenvalue weighted by Crippen LogP contribution is 2.30. The Hall–Kier alpha value is -3.88. The molecular formula is C29H31N3O5. The molecule has 0 aromatic heterocycles. The minimum absolute atomic E-state index is 0.0172. The summed E-state index contributed by atoms with van der Waals surface area (Å²) in [5.74, 6) is 0.739. The Morgan fingerprint density at radius 3 is 2.32 bits per heavy atom. The van der Waals surface area contributed by atoms with E-state index in [0.717, 1.165) is 30.0 Å². The lowest BCUT2D eigenvalue weighted by Gasteiger charge is -2.28. The number of nitrogens with one attached hydrogen (secondary N) is 1. The predicted molar refractivity (Wildman–Crippen MR) is 140 cm³/mol. The lowest BCUT2D eigenvalue weighted by molar-refractivity contribution is 0.0735. The van der Waals surface area contributed by atoms with Crippen LogP contribution in [0.5, 0.6) is 5.75 Å². The third kappa shape index (κ3) is 5.76.